The van der Waals surface area contributed by atoms with E-state index in [1.165, 1.54) is 22.4 Å². The molecule has 1 N–H and O–H groups in total. The first-order valence-corrected chi connectivity index (χ1v) is 12.4. The van der Waals surface area contributed by atoms with Crippen molar-refractivity contribution in [3.63, 3.8) is 0 Å². The third-order valence-corrected chi connectivity index (χ3v) is 9.10. The fraction of sp³-hybridized carbons (Fsp3) is 0.667. The summed E-state index contributed by atoms with van der Waals surface area (Å²) in [7, 11) is 0. The van der Waals surface area contributed by atoms with Crippen LogP contribution in [0.4, 0.5) is 5.69 Å². The molecule has 3 fully saturated rings. The Hall–Kier alpha value is -1.85. The van der Waals surface area contributed by atoms with Gasteiger partial charge in [-0.15, -0.1) is 0 Å². The van der Waals surface area contributed by atoms with Crippen molar-refractivity contribution in [3.05, 3.63) is 41.0 Å². The number of carbonyl (C=O) groups is 1. The number of aryl methyl sites for hydroxylation is 2. The summed E-state index contributed by atoms with van der Waals surface area (Å²) in [5.41, 5.74) is 5.01. The van der Waals surface area contributed by atoms with Crippen LogP contribution < -0.4 is 4.90 Å². The minimum atomic E-state index is -0.518. The number of anilines is 1. The second kappa shape index (κ2) is 8.18. The van der Waals surface area contributed by atoms with E-state index >= 15 is 0 Å². The summed E-state index contributed by atoms with van der Waals surface area (Å²) >= 11 is 0. The quantitative estimate of drug-likeness (QED) is 0.576. The molecule has 5 heteroatoms. The van der Waals surface area contributed by atoms with Gasteiger partial charge in [-0.2, -0.15) is 0 Å². The van der Waals surface area contributed by atoms with Crippen molar-refractivity contribution in [3.8, 4) is 0 Å². The SMILES string of the molecule is Cc1ccc(C)c(N2CCN(CC3C(=O)O[C@@H]4CC5=CCC[C@@H](C)[C@@]5(C)[C@@H](O)[C@H]34)CC2)c1. The van der Waals surface area contributed by atoms with Crippen LogP contribution in [0.15, 0.2) is 29.8 Å². The van der Waals surface area contributed by atoms with Gasteiger partial charge in [0.25, 0.3) is 0 Å². The van der Waals surface area contributed by atoms with Crippen molar-refractivity contribution in [2.45, 2.75) is 59.2 Å². The highest BCUT2D eigenvalue weighted by Crippen LogP contribution is 2.56. The van der Waals surface area contributed by atoms with E-state index in [4.69, 9.17) is 4.74 Å². The Morgan fingerprint density at radius 3 is 2.69 bits per heavy atom. The number of fused-ring (bicyclic) bond motifs is 2. The van der Waals surface area contributed by atoms with Crippen molar-refractivity contribution in [2.75, 3.05) is 37.6 Å². The molecule has 5 rings (SSSR count). The van der Waals surface area contributed by atoms with Gasteiger partial charge in [-0.3, -0.25) is 9.69 Å². The molecule has 2 aliphatic carbocycles. The molecule has 6 atom stereocenters. The number of aliphatic hydroxyl groups is 1. The normalized spacial score (nSPS) is 37.5. The van der Waals surface area contributed by atoms with Crippen LogP contribution >= 0.6 is 0 Å². The highest BCUT2D eigenvalue weighted by molar-refractivity contribution is 5.76. The third-order valence-electron chi connectivity index (χ3n) is 9.10. The molecule has 2 aliphatic heterocycles. The number of esters is 1. The number of hydrogen-bond acceptors (Lipinski definition) is 5. The smallest absolute Gasteiger partial charge is 0.311 e. The molecule has 2 heterocycles. The average Bonchev–Trinajstić information content (AvgIpc) is 3.08. The van der Waals surface area contributed by atoms with E-state index in [9.17, 15) is 9.90 Å². The Bertz CT molecular complexity index is 919. The summed E-state index contributed by atoms with van der Waals surface area (Å²) in [6.45, 7) is 13.3. The molecule has 1 saturated carbocycles. The highest BCUT2D eigenvalue weighted by Gasteiger charge is 2.59. The van der Waals surface area contributed by atoms with E-state index in [1.807, 2.05) is 0 Å². The number of aliphatic hydroxyl groups excluding tert-OH is 1. The molecule has 0 amide bonds. The number of piperazine rings is 1. The van der Waals surface area contributed by atoms with Gasteiger partial charge in [0.2, 0.25) is 0 Å². The van der Waals surface area contributed by atoms with Gasteiger partial charge in [-0.25, -0.2) is 0 Å². The fourth-order valence-electron chi connectivity index (χ4n) is 6.78. The van der Waals surface area contributed by atoms with Crippen molar-refractivity contribution in [1.29, 1.82) is 0 Å². The van der Waals surface area contributed by atoms with Crippen molar-refractivity contribution in [2.24, 2.45) is 23.2 Å². The first-order chi connectivity index (χ1) is 15.3. The molecule has 0 bridgehead atoms. The number of benzene rings is 1. The van der Waals surface area contributed by atoms with Crippen molar-refractivity contribution < 1.29 is 14.6 Å². The monoisotopic (exact) mass is 438 g/mol. The minimum Gasteiger partial charge on any atom is -0.461 e. The van der Waals surface area contributed by atoms with Crippen LogP contribution in [0.1, 0.15) is 44.2 Å². The molecule has 1 aromatic rings. The number of rotatable bonds is 3. The fourth-order valence-corrected chi connectivity index (χ4v) is 6.78. The van der Waals surface area contributed by atoms with E-state index in [1.54, 1.807) is 0 Å². The molecule has 5 nitrogen and oxygen atoms in total. The van der Waals surface area contributed by atoms with Gasteiger partial charge in [0.15, 0.2) is 0 Å². The Morgan fingerprint density at radius 2 is 1.94 bits per heavy atom. The molecule has 32 heavy (non-hydrogen) atoms. The minimum absolute atomic E-state index is 0.0951. The summed E-state index contributed by atoms with van der Waals surface area (Å²) < 4.78 is 5.86. The first kappa shape index (κ1) is 22.0. The van der Waals surface area contributed by atoms with Crippen LogP contribution in [-0.2, 0) is 9.53 Å². The lowest BCUT2D eigenvalue weighted by Gasteiger charge is -2.52. The van der Waals surface area contributed by atoms with Gasteiger partial charge in [-0.1, -0.05) is 37.6 Å². The van der Waals surface area contributed by atoms with E-state index in [0.717, 1.165) is 45.4 Å². The van der Waals surface area contributed by atoms with Crippen molar-refractivity contribution in [1.82, 2.24) is 4.90 Å². The van der Waals surface area contributed by atoms with E-state index in [0.29, 0.717) is 12.5 Å². The van der Waals surface area contributed by atoms with Gasteiger partial charge in [0, 0.05) is 56.2 Å². The number of hydrogen-bond donors (Lipinski definition) is 1. The van der Waals surface area contributed by atoms with Gasteiger partial charge < -0.3 is 14.7 Å². The standard InChI is InChI=1S/C27H38N2O3/c1-17-8-9-18(2)22(14-17)29-12-10-28(11-13-29)16-21-24-23(32-26(21)31)15-20-7-5-6-19(3)27(20,4)25(24)30/h7-9,14,19,21,23-25,30H,5-6,10-13,15-16H2,1-4H3/t19-,21?,23-,24-,25+,27-/m1/s1. The molecule has 4 aliphatic rings. The van der Waals surface area contributed by atoms with Crippen LogP contribution in [0.3, 0.4) is 0 Å². The molecule has 1 aromatic carbocycles. The van der Waals surface area contributed by atoms with Gasteiger partial charge in [-0.05, 0) is 49.8 Å². The largest absolute Gasteiger partial charge is 0.461 e. The predicted molar refractivity (Wildman–Crippen MR) is 127 cm³/mol. The van der Waals surface area contributed by atoms with Crippen LogP contribution in [-0.4, -0.2) is 60.9 Å². The molecule has 0 spiro atoms. The lowest BCUT2D eigenvalue weighted by Crippen LogP contribution is -2.55. The van der Waals surface area contributed by atoms with Crippen molar-refractivity contribution >= 4 is 11.7 Å². The third kappa shape index (κ3) is 3.49. The summed E-state index contributed by atoms with van der Waals surface area (Å²) in [6.07, 6.45) is 4.59. The predicted octanol–water partition coefficient (Wildman–Crippen LogP) is 3.71. The van der Waals surface area contributed by atoms with Crippen LogP contribution in [0.25, 0.3) is 0 Å². The van der Waals surface area contributed by atoms with E-state index < -0.39 is 6.10 Å². The molecular formula is C27H38N2O3. The van der Waals surface area contributed by atoms with Gasteiger partial charge in [0.1, 0.15) is 6.10 Å². The average molecular weight is 439 g/mol. The lowest BCUT2D eigenvalue weighted by atomic mass is 9.55. The molecule has 174 valence electrons. The summed E-state index contributed by atoms with van der Waals surface area (Å²) in [5, 5.41) is 11.6. The number of ether oxygens (including phenoxy) is 1. The molecule has 0 aromatic heterocycles. The Kier molecular flexibility index (Phi) is 5.61. The first-order valence-electron chi connectivity index (χ1n) is 12.4. The second-order valence-corrected chi connectivity index (χ2v) is 10.9. The number of allylic oxidation sites excluding steroid dienone is 1. The maximum absolute atomic E-state index is 12.9. The Balaban J connectivity index is 1.28. The zero-order chi connectivity index (χ0) is 22.6. The maximum atomic E-state index is 12.9. The van der Waals surface area contributed by atoms with Crippen LogP contribution in [0.2, 0.25) is 0 Å². The summed E-state index contributed by atoms with van der Waals surface area (Å²) in [6, 6.07) is 6.64. The molecule has 1 unspecified atom stereocenters. The number of nitrogens with zero attached hydrogens (tertiary/aromatic N) is 2. The summed E-state index contributed by atoms with van der Waals surface area (Å²) in [4.78, 5) is 17.8. The zero-order valence-electron chi connectivity index (χ0n) is 20.0. The van der Waals surface area contributed by atoms with Crippen LogP contribution in [0.5, 0.6) is 0 Å². The second-order valence-electron chi connectivity index (χ2n) is 10.9. The number of carbonyl (C=O) groups excluding carboxylic acids is 1. The molecule has 2 saturated heterocycles. The van der Waals surface area contributed by atoms with E-state index in [-0.39, 0.29) is 29.3 Å². The molecule has 0 radical (unpaired) electrons. The Morgan fingerprint density at radius 1 is 1.19 bits per heavy atom. The van der Waals surface area contributed by atoms with Gasteiger partial charge in [0.05, 0.1) is 12.0 Å². The summed E-state index contributed by atoms with van der Waals surface area (Å²) in [5.74, 6) is -0.000529. The lowest BCUT2D eigenvalue weighted by molar-refractivity contribution is -0.145. The zero-order valence-corrected chi connectivity index (χ0v) is 20.0. The van der Waals surface area contributed by atoms with Crippen LogP contribution in [0, 0.1) is 37.0 Å². The molecular weight excluding hydrogens is 400 g/mol. The topological polar surface area (TPSA) is 53.0 Å². The van der Waals surface area contributed by atoms with E-state index in [2.05, 4.69) is 61.8 Å². The maximum Gasteiger partial charge on any atom is 0.311 e. The van der Waals surface area contributed by atoms with Gasteiger partial charge >= 0.3 is 5.97 Å². The highest BCUT2D eigenvalue weighted by atomic mass is 16.6. The Labute approximate surface area is 192 Å².